The normalized spacial score (nSPS) is 30.0. The first kappa shape index (κ1) is 14.7. The molecule has 1 aliphatic carbocycles. The minimum absolute atomic E-state index is 0.742. The van der Waals surface area contributed by atoms with Gasteiger partial charge in [0.1, 0.15) is 0 Å². The van der Waals surface area contributed by atoms with E-state index in [4.69, 9.17) is 0 Å². The van der Waals surface area contributed by atoms with Crippen LogP contribution in [0.1, 0.15) is 45.4 Å². The van der Waals surface area contributed by atoms with E-state index in [2.05, 4.69) is 23.4 Å². The molecule has 1 saturated heterocycles. The van der Waals surface area contributed by atoms with Gasteiger partial charge in [0.05, 0.1) is 0 Å². The van der Waals surface area contributed by atoms with E-state index in [1.807, 2.05) is 11.8 Å². The van der Waals surface area contributed by atoms with Crippen LogP contribution in [0.15, 0.2) is 0 Å². The molecule has 2 fully saturated rings. The quantitative estimate of drug-likeness (QED) is 0.845. The molecular formula is C15H30N2S. The Morgan fingerprint density at radius 2 is 2.00 bits per heavy atom. The smallest absolute Gasteiger partial charge is 0.0223 e. The van der Waals surface area contributed by atoms with Crippen LogP contribution in [0.25, 0.3) is 0 Å². The Balaban J connectivity index is 1.89. The van der Waals surface area contributed by atoms with Crippen molar-refractivity contribution in [3.63, 3.8) is 0 Å². The summed E-state index contributed by atoms with van der Waals surface area (Å²) in [6.07, 6.45) is 10.9. The second-order valence-corrected chi connectivity index (χ2v) is 7.02. The zero-order valence-corrected chi connectivity index (χ0v) is 13.0. The van der Waals surface area contributed by atoms with E-state index in [-0.39, 0.29) is 0 Å². The van der Waals surface area contributed by atoms with Crippen molar-refractivity contribution < 1.29 is 0 Å². The predicted molar refractivity (Wildman–Crippen MR) is 82.4 cm³/mol. The third kappa shape index (κ3) is 4.14. The SMILES string of the molecule is CSCC(C)N1CCCNC(C2CCCCC2)C1. The summed E-state index contributed by atoms with van der Waals surface area (Å²) in [6.45, 7) is 6.20. The van der Waals surface area contributed by atoms with Crippen LogP contribution >= 0.6 is 11.8 Å². The molecule has 2 atom stereocenters. The first-order valence-corrected chi connectivity index (χ1v) is 9.17. The van der Waals surface area contributed by atoms with Crippen LogP contribution in [0, 0.1) is 5.92 Å². The summed E-state index contributed by atoms with van der Waals surface area (Å²) in [5.41, 5.74) is 0. The Morgan fingerprint density at radius 3 is 2.72 bits per heavy atom. The van der Waals surface area contributed by atoms with Crippen molar-refractivity contribution in [3.8, 4) is 0 Å². The molecular weight excluding hydrogens is 240 g/mol. The molecule has 2 nitrogen and oxygen atoms in total. The van der Waals surface area contributed by atoms with Crippen molar-refractivity contribution in [2.24, 2.45) is 5.92 Å². The van der Waals surface area contributed by atoms with E-state index in [0.717, 1.165) is 18.0 Å². The maximum absolute atomic E-state index is 3.83. The van der Waals surface area contributed by atoms with Crippen molar-refractivity contribution in [1.82, 2.24) is 10.2 Å². The van der Waals surface area contributed by atoms with Gasteiger partial charge in [-0.3, -0.25) is 4.90 Å². The molecule has 1 N–H and O–H groups in total. The van der Waals surface area contributed by atoms with Gasteiger partial charge >= 0.3 is 0 Å². The predicted octanol–water partition coefficient (Wildman–Crippen LogP) is 2.98. The molecule has 18 heavy (non-hydrogen) atoms. The molecule has 0 aromatic heterocycles. The van der Waals surface area contributed by atoms with Crippen molar-refractivity contribution in [3.05, 3.63) is 0 Å². The molecule has 2 unspecified atom stereocenters. The highest BCUT2D eigenvalue weighted by atomic mass is 32.2. The summed E-state index contributed by atoms with van der Waals surface area (Å²) >= 11 is 1.98. The summed E-state index contributed by atoms with van der Waals surface area (Å²) in [4.78, 5) is 2.73. The molecule has 2 rings (SSSR count). The number of rotatable bonds is 4. The van der Waals surface area contributed by atoms with Crippen LogP contribution in [-0.4, -0.2) is 48.6 Å². The van der Waals surface area contributed by atoms with Gasteiger partial charge in [0.25, 0.3) is 0 Å². The lowest BCUT2D eigenvalue weighted by Crippen LogP contribution is -2.46. The number of thioether (sulfide) groups is 1. The third-order valence-corrected chi connectivity index (χ3v) is 5.53. The lowest BCUT2D eigenvalue weighted by atomic mass is 9.83. The largest absolute Gasteiger partial charge is 0.312 e. The maximum atomic E-state index is 3.83. The molecule has 1 saturated carbocycles. The summed E-state index contributed by atoms with van der Waals surface area (Å²) in [7, 11) is 0. The number of hydrogen-bond donors (Lipinski definition) is 1. The lowest BCUT2D eigenvalue weighted by Gasteiger charge is -2.35. The lowest BCUT2D eigenvalue weighted by molar-refractivity contribution is 0.180. The summed E-state index contributed by atoms with van der Waals surface area (Å²) in [5.74, 6) is 2.22. The van der Waals surface area contributed by atoms with Crippen LogP contribution in [-0.2, 0) is 0 Å². The van der Waals surface area contributed by atoms with Gasteiger partial charge in [-0.15, -0.1) is 0 Å². The molecule has 3 heteroatoms. The van der Waals surface area contributed by atoms with Gasteiger partial charge < -0.3 is 5.32 Å². The van der Waals surface area contributed by atoms with E-state index in [9.17, 15) is 0 Å². The van der Waals surface area contributed by atoms with Gasteiger partial charge in [0, 0.05) is 24.4 Å². The molecule has 0 radical (unpaired) electrons. The van der Waals surface area contributed by atoms with Gasteiger partial charge in [-0.2, -0.15) is 11.8 Å². The van der Waals surface area contributed by atoms with Crippen LogP contribution in [0.5, 0.6) is 0 Å². The molecule has 106 valence electrons. The summed E-state index contributed by atoms with van der Waals surface area (Å²) in [6, 6.07) is 1.50. The molecule has 1 heterocycles. The average molecular weight is 270 g/mol. The Bertz CT molecular complexity index is 229. The van der Waals surface area contributed by atoms with Crippen LogP contribution in [0.4, 0.5) is 0 Å². The maximum Gasteiger partial charge on any atom is 0.0223 e. The molecule has 0 aromatic carbocycles. The van der Waals surface area contributed by atoms with Crippen molar-refractivity contribution >= 4 is 11.8 Å². The van der Waals surface area contributed by atoms with E-state index in [1.54, 1.807) is 0 Å². The first-order valence-electron chi connectivity index (χ1n) is 7.77. The zero-order chi connectivity index (χ0) is 12.8. The second-order valence-electron chi connectivity index (χ2n) is 6.11. The van der Waals surface area contributed by atoms with Gasteiger partial charge in [-0.05, 0) is 51.4 Å². The zero-order valence-electron chi connectivity index (χ0n) is 12.2. The fraction of sp³-hybridized carbons (Fsp3) is 1.00. The van der Waals surface area contributed by atoms with Crippen molar-refractivity contribution in [2.75, 3.05) is 31.6 Å². The van der Waals surface area contributed by atoms with Gasteiger partial charge in [-0.25, -0.2) is 0 Å². The topological polar surface area (TPSA) is 15.3 Å². The first-order chi connectivity index (χ1) is 8.81. The molecule has 0 aromatic rings. The van der Waals surface area contributed by atoms with Gasteiger partial charge in [-0.1, -0.05) is 19.3 Å². The molecule has 0 spiro atoms. The second kappa shape index (κ2) is 7.76. The Morgan fingerprint density at radius 1 is 1.22 bits per heavy atom. The third-order valence-electron chi connectivity index (χ3n) is 4.71. The van der Waals surface area contributed by atoms with Crippen LogP contribution in [0.3, 0.4) is 0 Å². The number of hydrogen-bond acceptors (Lipinski definition) is 3. The van der Waals surface area contributed by atoms with Crippen LogP contribution < -0.4 is 5.32 Å². The van der Waals surface area contributed by atoms with E-state index in [1.165, 1.54) is 63.9 Å². The molecule has 1 aliphatic heterocycles. The van der Waals surface area contributed by atoms with E-state index < -0.39 is 0 Å². The highest BCUT2D eigenvalue weighted by Crippen LogP contribution is 2.28. The number of nitrogens with zero attached hydrogens (tertiary/aromatic N) is 1. The fourth-order valence-corrected chi connectivity index (χ4v) is 4.27. The molecule has 0 amide bonds. The minimum Gasteiger partial charge on any atom is -0.312 e. The minimum atomic E-state index is 0.742. The Labute approximate surface area is 117 Å². The summed E-state index contributed by atoms with van der Waals surface area (Å²) in [5, 5.41) is 3.83. The average Bonchev–Trinajstić information content (AvgIpc) is 2.66. The Kier molecular flexibility index (Phi) is 6.33. The standard InChI is InChI=1S/C15H30N2S/c1-13(12-18-2)17-10-6-9-16-15(11-17)14-7-4-3-5-8-14/h13-16H,3-12H2,1-2H3. The van der Waals surface area contributed by atoms with E-state index in [0.29, 0.717) is 0 Å². The molecule has 2 aliphatic rings. The summed E-state index contributed by atoms with van der Waals surface area (Å²) < 4.78 is 0. The highest BCUT2D eigenvalue weighted by molar-refractivity contribution is 7.98. The Hall–Kier alpha value is 0.270. The monoisotopic (exact) mass is 270 g/mol. The fourth-order valence-electron chi connectivity index (χ4n) is 3.58. The van der Waals surface area contributed by atoms with Gasteiger partial charge in [0.2, 0.25) is 0 Å². The van der Waals surface area contributed by atoms with Crippen LogP contribution in [0.2, 0.25) is 0 Å². The van der Waals surface area contributed by atoms with Crippen molar-refractivity contribution in [1.29, 1.82) is 0 Å². The molecule has 0 bridgehead atoms. The number of nitrogens with one attached hydrogen (secondary N) is 1. The highest BCUT2D eigenvalue weighted by Gasteiger charge is 2.28. The van der Waals surface area contributed by atoms with Gasteiger partial charge in [0.15, 0.2) is 0 Å². The van der Waals surface area contributed by atoms with Crippen molar-refractivity contribution in [2.45, 2.75) is 57.5 Å². The van der Waals surface area contributed by atoms with E-state index >= 15 is 0 Å².